The predicted octanol–water partition coefficient (Wildman–Crippen LogP) is 3.65. The lowest BCUT2D eigenvalue weighted by atomic mass is 10.0. The zero-order chi connectivity index (χ0) is 23.9. The van der Waals surface area contributed by atoms with Crippen molar-refractivity contribution in [3.63, 3.8) is 0 Å². The molecule has 2 aromatic heterocycles. The number of rotatable bonds is 5. The summed E-state index contributed by atoms with van der Waals surface area (Å²) in [6.45, 7) is 4.43. The molecule has 1 amide bonds. The summed E-state index contributed by atoms with van der Waals surface area (Å²) in [7, 11) is 0. The minimum absolute atomic E-state index is 0.0270. The summed E-state index contributed by atoms with van der Waals surface area (Å²) in [5.41, 5.74) is 1.09. The SMILES string of the molecule is Cc1cnn(C2CCN(c3cc(NC4CCN(C(=O)C5CC5)CC4)nc(C(F)(F)F)n3)CC2)c1. The summed E-state index contributed by atoms with van der Waals surface area (Å²) < 4.78 is 42.7. The first-order valence-electron chi connectivity index (χ1n) is 12.0. The predicted molar refractivity (Wildman–Crippen MR) is 120 cm³/mol. The van der Waals surface area contributed by atoms with Crippen molar-refractivity contribution in [2.24, 2.45) is 5.92 Å². The lowest BCUT2D eigenvalue weighted by Crippen LogP contribution is -2.43. The van der Waals surface area contributed by atoms with Gasteiger partial charge in [-0.15, -0.1) is 0 Å². The van der Waals surface area contributed by atoms with E-state index in [0.717, 1.165) is 31.2 Å². The van der Waals surface area contributed by atoms with Gasteiger partial charge in [0.05, 0.1) is 12.2 Å². The number of hydrogen-bond donors (Lipinski definition) is 1. The van der Waals surface area contributed by atoms with E-state index in [4.69, 9.17) is 0 Å². The molecule has 1 aliphatic carbocycles. The van der Waals surface area contributed by atoms with E-state index < -0.39 is 12.0 Å². The summed E-state index contributed by atoms with van der Waals surface area (Å²) in [6.07, 6.45) is 4.07. The van der Waals surface area contributed by atoms with Crippen LogP contribution in [0.15, 0.2) is 18.5 Å². The van der Waals surface area contributed by atoms with Crippen LogP contribution in [0.5, 0.6) is 0 Å². The number of halogens is 3. The maximum Gasteiger partial charge on any atom is 0.451 e. The van der Waals surface area contributed by atoms with Crippen LogP contribution < -0.4 is 10.2 Å². The molecule has 0 aromatic carbocycles. The van der Waals surface area contributed by atoms with Crippen LogP contribution in [0.1, 0.15) is 56.0 Å². The lowest BCUT2D eigenvalue weighted by Gasteiger charge is -2.34. The van der Waals surface area contributed by atoms with Crippen molar-refractivity contribution in [3.05, 3.63) is 29.8 Å². The third kappa shape index (κ3) is 5.12. The van der Waals surface area contributed by atoms with Gasteiger partial charge in [-0.1, -0.05) is 0 Å². The second kappa shape index (κ2) is 9.07. The minimum atomic E-state index is -4.63. The van der Waals surface area contributed by atoms with E-state index in [9.17, 15) is 18.0 Å². The van der Waals surface area contributed by atoms with Crippen molar-refractivity contribution in [2.75, 3.05) is 36.4 Å². The van der Waals surface area contributed by atoms with E-state index in [1.807, 2.05) is 33.8 Å². The quantitative estimate of drug-likeness (QED) is 0.708. The van der Waals surface area contributed by atoms with E-state index in [-0.39, 0.29) is 29.7 Å². The molecule has 0 radical (unpaired) electrons. The Labute approximate surface area is 196 Å². The van der Waals surface area contributed by atoms with Gasteiger partial charge in [-0.25, -0.2) is 9.97 Å². The standard InChI is InChI=1S/C23H30F3N7O/c1-15-13-27-33(14-15)18-6-10-31(11-7-18)20-12-19(29-22(30-20)23(24,25)26)28-17-4-8-32(9-5-17)21(34)16-2-3-16/h12-14,16-18H,2-11H2,1H3,(H,28,29,30). The molecule has 1 saturated carbocycles. The summed E-state index contributed by atoms with van der Waals surface area (Å²) in [4.78, 5) is 23.7. The van der Waals surface area contributed by atoms with E-state index >= 15 is 0 Å². The Bertz CT molecular complexity index is 1020. The van der Waals surface area contributed by atoms with Crippen LogP contribution in [0.25, 0.3) is 0 Å². The molecule has 11 heteroatoms. The number of alkyl halides is 3. The first kappa shape index (κ1) is 22.9. The van der Waals surface area contributed by atoms with E-state index in [1.165, 1.54) is 0 Å². The van der Waals surface area contributed by atoms with Gasteiger partial charge in [0.15, 0.2) is 0 Å². The number of carbonyl (C=O) groups excluding carboxylic acids is 1. The Morgan fingerprint density at radius 3 is 2.32 bits per heavy atom. The van der Waals surface area contributed by atoms with Crippen molar-refractivity contribution in [2.45, 2.75) is 63.7 Å². The van der Waals surface area contributed by atoms with Crippen LogP contribution in [0.4, 0.5) is 24.8 Å². The molecule has 2 saturated heterocycles. The Morgan fingerprint density at radius 1 is 1.03 bits per heavy atom. The topological polar surface area (TPSA) is 79.2 Å². The molecular formula is C23H30F3N7O. The van der Waals surface area contributed by atoms with Gasteiger partial charge in [0.25, 0.3) is 0 Å². The second-order valence-electron chi connectivity index (χ2n) is 9.67. The van der Waals surface area contributed by atoms with Gasteiger partial charge in [0.2, 0.25) is 11.7 Å². The number of aryl methyl sites for hydroxylation is 1. The average molecular weight is 478 g/mol. The van der Waals surface area contributed by atoms with Gasteiger partial charge in [-0.05, 0) is 51.0 Å². The molecule has 34 heavy (non-hydrogen) atoms. The molecular weight excluding hydrogens is 447 g/mol. The fourth-order valence-electron chi connectivity index (χ4n) is 4.83. The van der Waals surface area contributed by atoms with E-state index in [2.05, 4.69) is 20.4 Å². The number of carbonyl (C=O) groups is 1. The molecule has 0 atom stereocenters. The molecule has 2 aromatic rings. The highest BCUT2D eigenvalue weighted by Crippen LogP contribution is 2.33. The first-order valence-corrected chi connectivity index (χ1v) is 12.0. The molecule has 1 N–H and O–H groups in total. The average Bonchev–Trinajstić information content (AvgIpc) is 3.59. The molecule has 8 nitrogen and oxygen atoms in total. The molecule has 184 valence electrons. The van der Waals surface area contributed by atoms with Gasteiger partial charge in [-0.3, -0.25) is 9.48 Å². The number of amides is 1. The van der Waals surface area contributed by atoms with E-state index in [0.29, 0.717) is 44.8 Å². The summed E-state index contributed by atoms with van der Waals surface area (Å²) in [5.74, 6) is -0.241. The van der Waals surface area contributed by atoms with Crippen LogP contribution in [0.2, 0.25) is 0 Å². The maximum atomic E-state index is 13.6. The van der Waals surface area contributed by atoms with Crippen molar-refractivity contribution in [3.8, 4) is 0 Å². The molecule has 2 aliphatic heterocycles. The number of hydrogen-bond acceptors (Lipinski definition) is 6. The van der Waals surface area contributed by atoms with E-state index in [1.54, 1.807) is 6.07 Å². The summed E-state index contributed by atoms with van der Waals surface area (Å²) in [5, 5.41) is 7.57. The van der Waals surface area contributed by atoms with Crippen molar-refractivity contribution < 1.29 is 18.0 Å². The zero-order valence-corrected chi connectivity index (χ0v) is 19.3. The Morgan fingerprint density at radius 2 is 1.74 bits per heavy atom. The number of aromatic nitrogens is 4. The minimum Gasteiger partial charge on any atom is -0.367 e. The van der Waals surface area contributed by atoms with Gasteiger partial charge in [-0.2, -0.15) is 18.3 Å². The van der Waals surface area contributed by atoms with Gasteiger partial charge in [0.1, 0.15) is 11.6 Å². The number of anilines is 2. The Balaban J connectivity index is 1.25. The van der Waals surface area contributed by atoms with Crippen molar-refractivity contribution in [1.29, 1.82) is 0 Å². The van der Waals surface area contributed by atoms with Gasteiger partial charge in [0, 0.05) is 50.4 Å². The molecule has 0 unspecified atom stereocenters. The molecule has 0 bridgehead atoms. The number of piperidine rings is 2. The maximum absolute atomic E-state index is 13.6. The highest BCUT2D eigenvalue weighted by Gasteiger charge is 2.37. The highest BCUT2D eigenvalue weighted by atomic mass is 19.4. The Hall–Kier alpha value is -2.85. The van der Waals surface area contributed by atoms with Crippen molar-refractivity contribution >= 4 is 17.5 Å². The lowest BCUT2D eigenvalue weighted by molar-refractivity contribution is -0.144. The zero-order valence-electron chi connectivity index (χ0n) is 19.3. The largest absolute Gasteiger partial charge is 0.451 e. The number of nitrogens with zero attached hydrogens (tertiary/aromatic N) is 6. The molecule has 5 rings (SSSR count). The van der Waals surface area contributed by atoms with Crippen LogP contribution in [-0.2, 0) is 11.0 Å². The normalized spacial score (nSPS) is 20.6. The third-order valence-electron chi connectivity index (χ3n) is 6.94. The fourth-order valence-corrected chi connectivity index (χ4v) is 4.83. The molecule has 3 aliphatic rings. The molecule has 0 spiro atoms. The fraction of sp³-hybridized carbons (Fsp3) is 0.652. The second-order valence-corrected chi connectivity index (χ2v) is 9.67. The van der Waals surface area contributed by atoms with Crippen LogP contribution >= 0.6 is 0 Å². The number of likely N-dealkylation sites (tertiary alicyclic amines) is 1. The monoisotopic (exact) mass is 477 g/mol. The van der Waals surface area contributed by atoms with Gasteiger partial charge < -0.3 is 15.1 Å². The van der Waals surface area contributed by atoms with Crippen LogP contribution in [0.3, 0.4) is 0 Å². The van der Waals surface area contributed by atoms with Gasteiger partial charge >= 0.3 is 6.18 Å². The Kier molecular flexibility index (Phi) is 6.11. The van der Waals surface area contributed by atoms with Crippen LogP contribution in [0, 0.1) is 12.8 Å². The summed E-state index contributed by atoms with van der Waals surface area (Å²) in [6, 6.07) is 1.82. The van der Waals surface area contributed by atoms with Crippen molar-refractivity contribution in [1.82, 2.24) is 24.6 Å². The third-order valence-corrected chi connectivity index (χ3v) is 6.94. The molecule has 4 heterocycles. The summed E-state index contributed by atoms with van der Waals surface area (Å²) >= 11 is 0. The highest BCUT2D eigenvalue weighted by molar-refractivity contribution is 5.81. The van der Waals surface area contributed by atoms with Crippen LogP contribution in [-0.4, -0.2) is 62.8 Å². The molecule has 3 fully saturated rings. The smallest absolute Gasteiger partial charge is 0.367 e. The first-order chi connectivity index (χ1) is 16.3. The number of nitrogens with one attached hydrogen (secondary N) is 1.